The van der Waals surface area contributed by atoms with Crippen molar-refractivity contribution in [2.24, 2.45) is 24.1 Å². The van der Waals surface area contributed by atoms with Crippen LogP contribution in [0.2, 0.25) is 0 Å². The minimum absolute atomic E-state index is 0.197. The second-order valence-electron chi connectivity index (χ2n) is 8.92. The number of aromatic nitrogens is 2. The number of methoxy groups -OCH3 is 1. The van der Waals surface area contributed by atoms with Gasteiger partial charge in [-0.1, -0.05) is 0 Å². The van der Waals surface area contributed by atoms with E-state index in [1.807, 2.05) is 102 Å². The van der Waals surface area contributed by atoms with Gasteiger partial charge in [-0.25, -0.2) is 9.98 Å². The van der Waals surface area contributed by atoms with Crippen LogP contribution in [-0.2, 0) is 14.1 Å². The highest BCUT2D eigenvalue weighted by atomic mass is 16.5. The zero-order chi connectivity index (χ0) is 26.6. The van der Waals surface area contributed by atoms with Crippen LogP contribution in [0.1, 0.15) is 10.4 Å². The van der Waals surface area contributed by atoms with Gasteiger partial charge in [-0.3, -0.25) is 4.79 Å². The number of anilines is 2. The van der Waals surface area contributed by atoms with Crippen molar-refractivity contribution in [3.05, 3.63) is 114 Å². The van der Waals surface area contributed by atoms with Gasteiger partial charge in [0.15, 0.2) is 0 Å². The van der Waals surface area contributed by atoms with Crippen LogP contribution in [0.15, 0.2) is 107 Å². The number of amides is 1. The Kier molecular flexibility index (Phi) is 6.78. The van der Waals surface area contributed by atoms with Crippen molar-refractivity contribution in [3.8, 4) is 5.75 Å². The molecular weight excluding hydrogens is 476 g/mol. The number of carbonyl (C=O) groups excluding carboxylic acids is 1. The molecule has 38 heavy (non-hydrogen) atoms. The third kappa shape index (κ3) is 5.34. The van der Waals surface area contributed by atoms with E-state index >= 15 is 0 Å². The highest BCUT2D eigenvalue weighted by molar-refractivity contribution is 6.04. The third-order valence-corrected chi connectivity index (χ3v) is 6.13. The third-order valence-electron chi connectivity index (χ3n) is 6.13. The molecule has 0 saturated heterocycles. The molecule has 5 aromatic rings. The minimum atomic E-state index is -0.197. The van der Waals surface area contributed by atoms with Crippen molar-refractivity contribution in [1.29, 1.82) is 0 Å². The maximum absolute atomic E-state index is 12.8. The molecule has 0 spiro atoms. The molecule has 0 saturated carbocycles. The summed E-state index contributed by atoms with van der Waals surface area (Å²) < 4.78 is 9.46. The summed E-state index contributed by atoms with van der Waals surface area (Å²) >= 11 is 0. The first-order valence-corrected chi connectivity index (χ1v) is 12.1. The lowest BCUT2D eigenvalue weighted by atomic mass is 10.1. The molecule has 8 nitrogen and oxygen atoms in total. The Morgan fingerprint density at radius 2 is 1.50 bits per heavy atom. The van der Waals surface area contributed by atoms with Crippen LogP contribution >= 0.6 is 0 Å². The zero-order valence-electron chi connectivity index (χ0n) is 21.4. The van der Waals surface area contributed by atoms with E-state index in [9.17, 15) is 4.79 Å². The molecule has 0 atom stereocenters. The fourth-order valence-electron chi connectivity index (χ4n) is 4.15. The van der Waals surface area contributed by atoms with Crippen LogP contribution in [0.5, 0.6) is 5.75 Å². The van der Waals surface area contributed by atoms with E-state index in [2.05, 4.69) is 10.3 Å². The van der Waals surface area contributed by atoms with Crippen molar-refractivity contribution >= 4 is 39.6 Å². The van der Waals surface area contributed by atoms with Gasteiger partial charge in [-0.15, -0.1) is 0 Å². The van der Waals surface area contributed by atoms with Gasteiger partial charge in [0.2, 0.25) is 0 Å². The molecule has 2 aromatic heterocycles. The molecule has 2 heterocycles. The summed E-state index contributed by atoms with van der Waals surface area (Å²) in [5, 5.41) is 5.45. The average Bonchev–Trinajstić information content (AvgIpc) is 2.92. The van der Waals surface area contributed by atoms with E-state index in [1.165, 1.54) is 0 Å². The quantitative estimate of drug-likeness (QED) is 0.336. The number of pyridine rings is 2. The van der Waals surface area contributed by atoms with Crippen molar-refractivity contribution in [2.45, 2.75) is 0 Å². The van der Waals surface area contributed by atoms with Crippen LogP contribution < -0.4 is 26.5 Å². The van der Waals surface area contributed by atoms with Crippen molar-refractivity contribution < 1.29 is 9.53 Å². The molecule has 5 rings (SSSR count). The van der Waals surface area contributed by atoms with Gasteiger partial charge in [-0.2, -0.15) is 0 Å². The molecule has 0 fully saturated rings. The summed E-state index contributed by atoms with van der Waals surface area (Å²) in [5.41, 5.74) is 10.4. The molecule has 8 heteroatoms. The summed E-state index contributed by atoms with van der Waals surface area (Å²) in [7, 11) is 5.53. The Morgan fingerprint density at radius 3 is 2.18 bits per heavy atom. The fraction of sp³-hybridized carbons (Fsp3) is 0.100. The predicted molar refractivity (Wildman–Crippen MR) is 151 cm³/mol. The Hall–Kier alpha value is -5.11. The van der Waals surface area contributed by atoms with Crippen LogP contribution in [0, 0.1) is 0 Å². The highest BCUT2D eigenvalue weighted by Gasteiger charge is 2.09. The molecule has 1 amide bonds. The molecule has 0 radical (unpaired) electrons. The lowest BCUT2D eigenvalue weighted by Crippen LogP contribution is -2.11. The smallest absolute Gasteiger partial charge is 0.255 e. The minimum Gasteiger partial charge on any atom is -0.494 e. The monoisotopic (exact) mass is 504 g/mol. The molecule has 190 valence electrons. The zero-order valence-corrected chi connectivity index (χ0v) is 21.4. The number of fused-ring (bicyclic) bond motifs is 1. The topological polar surface area (TPSA) is 98.9 Å². The van der Waals surface area contributed by atoms with Gasteiger partial charge in [0.1, 0.15) is 5.75 Å². The van der Waals surface area contributed by atoms with Gasteiger partial charge in [0.25, 0.3) is 5.91 Å². The Labute approximate surface area is 220 Å². The van der Waals surface area contributed by atoms with E-state index in [-0.39, 0.29) is 5.91 Å². The van der Waals surface area contributed by atoms with Crippen LogP contribution in [-0.4, -0.2) is 22.2 Å². The van der Waals surface area contributed by atoms with Crippen LogP contribution in [0.25, 0.3) is 10.9 Å². The number of hydrogen-bond donors (Lipinski definition) is 2. The summed E-state index contributed by atoms with van der Waals surface area (Å²) in [6.45, 7) is 0. The van der Waals surface area contributed by atoms with E-state index in [0.717, 1.165) is 33.0 Å². The van der Waals surface area contributed by atoms with E-state index in [4.69, 9.17) is 15.5 Å². The second kappa shape index (κ2) is 10.5. The Balaban J connectivity index is 1.34. The Bertz CT molecular complexity index is 1740. The first-order chi connectivity index (χ1) is 18.4. The fourth-order valence-corrected chi connectivity index (χ4v) is 4.15. The van der Waals surface area contributed by atoms with Crippen LogP contribution in [0.4, 0.5) is 22.7 Å². The number of hydrogen-bond acceptors (Lipinski definition) is 5. The predicted octanol–water partition coefficient (Wildman–Crippen LogP) is 4.82. The van der Waals surface area contributed by atoms with E-state index in [0.29, 0.717) is 22.7 Å². The summed E-state index contributed by atoms with van der Waals surface area (Å²) in [6, 6.07) is 24.1. The number of nitrogen functional groups attached to an aromatic ring is 1. The summed E-state index contributed by atoms with van der Waals surface area (Å²) in [5.74, 6) is 0.491. The lowest BCUT2D eigenvalue weighted by molar-refractivity contribution is 0.102. The number of ether oxygens (including phenoxy) is 1. The number of benzene rings is 3. The summed E-state index contributed by atoms with van der Waals surface area (Å²) in [4.78, 5) is 22.2. The lowest BCUT2D eigenvalue weighted by Gasteiger charge is -2.12. The molecule has 0 aliphatic rings. The van der Waals surface area contributed by atoms with Gasteiger partial charge < -0.3 is 24.9 Å². The van der Waals surface area contributed by atoms with Crippen molar-refractivity contribution in [2.75, 3.05) is 18.2 Å². The summed E-state index contributed by atoms with van der Waals surface area (Å²) in [6.07, 6.45) is 5.81. The van der Waals surface area contributed by atoms with Crippen molar-refractivity contribution in [3.63, 3.8) is 0 Å². The second-order valence-corrected chi connectivity index (χ2v) is 8.92. The number of aryl methyl sites for hydroxylation is 2. The Morgan fingerprint density at radius 1 is 0.842 bits per heavy atom. The molecule has 0 bridgehead atoms. The molecule has 0 aliphatic carbocycles. The highest BCUT2D eigenvalue weighted by Crippen LogP contribution is 2.27. The number of rotatable bonds is 5. The molecule has 0 aliphatic heterocycles. The normalized spacial score (nSPS) is 11.4. The van der Waals surface area contributed by atoms with Gasteiger partial charge >= 0.3 is 0 Å². The number of carbonyl (C=O) groups is 1. The standard InChI is InChI=1S/C30H28N6O2/c1-35-15-12-25(13-16-35)32-22-6-4-20(5-7-22)30(37)34-24-10-8-23(9-11-24)33-27-14-17-36(2)29-26(27)18-21(31)19-28(29)38-3/h4-19H,31H2,1-3H3,(H,34,37). The molecule has 0 unspecified atom stereocenters. The average molecular weight is 505 g/mol. The van der Waals surface area contributed by atoms with Gasteiger partial charge in [-0.05, 0) is 72.8 Å². The first-order valence-electron chi connectivity index (χ1n) is 12.1. The van der Waals surface area contributed by atoms with E-state index in [1.54, 1.807) is 25.3 Å². The first kappa shape index (κ1) is 24.6. The molecular formula is C30H28N6O2. The van der Waals surface area contributed by atoms with E-state index < -0.39 is 0 Å². The SMILES string of the molecule is COc1cc(N)cc2c(=Nc3ccc(NC(=O)c4ccc(N=c5ccn(C)cc5)cc4)cc3)ccn(C)c12. The van der Waals surface area contributed by atoms with Gasteiger partial charge in [0.05, 0.1) is 34.7 Å². The number of nitrogens with one attached hydrogen (secondary N) is 1. The largest absolute Gasteiger partial charge is 0.494 e. The number of nitrogens with zero attached hydrogens (tertiary/aromatic N) is 4. The van der Waals surface area contributed by atoms with Crippen molar-refractivity contribution in [1.82, 2.24) is 9.13 Å². The van der Waals surface area contributed by atoms with Crippen LogP contribution in [0.3, 0.4) is 0 Å². The van der Waals surface area contributed by atoms with Gasteiger partial charge in [0, 0.05) is 61.1 Å². The maximum Gasteiger partial charge on any atom is 0.255 e. The molecule has 3 N–H and O–H groups in total. The number of nitrogens with two attached hydrogens (primary N) is 1. The maximum atomic E-state index is 12.8. The molecule has 3 aromatic carbocycles.